The number of sulfonamides is 1. The molecule has 0 spiro atoms. The quantitative estimate of drug-likeness (QED) is 0.823. The van der Waals surface area contributed by atoms with Gasteiger partial charge in [0.05, 0.1) is 12.0 Å². The zero-order chi connectivity index (χ0) is 11.3. The third-order valence-electron chi connectivity index (χ3n) is 1.84. The first kappa shape index (κ1) is 12.0. The molecule has 15 heavy (non-hydrogen) atoms. The van der Waals surface area contributed by atoms with Crippen LogP contribution in [0.5, 0.6) is 5.75 Å². The van der Waals surface area contributed by atoms with Crippen LogP contribution < -0.4 is 9.46 Å². The molecule has 0 aliphatic rings. The number of ether oxygens (including phenoxy) is 1. The standard InChI is InChI=1S/C10H14NO3S/c1-3-8-11-15(12,13)10-6-4-9(14-2)5-7-10/h4-7,11H,1,3,8H2,2H3. The zero-order valence-electron chi connectivity index (χ0n) is 8.56. The third-order valence-corrected chi connectivity index (χ3v) is 3.32. The number of benzene rings is 1. The first-order valence-electron chi connectivity index (χ1n) is 4.53. The Kier molecular flexibility index (Phi) is 4.11. The highest BCUT2D eigenvalue weighted by Crippen LogP contribution is 2.14. The van der Waals surface area contributed by atoms with Gasteiger partial charge in [-0.1, -0.05) is 6.92 Å². The summed E-state index contributed by atoms with van der Waals surface area (Å²) in [6.45, 7) is 3.90. The van der Waals surface area contributed by atoms with Crippen LogP contribution in [0.2, 0.25) is 0 Å². The Labute approximate surface area is 90.3 Å². The van der Waals surface area contributed by atoms with Crippen LogP contribution in [0.25, 0.3) is 0 Å². The Bertz CT molecular complexity index is 397. The van der Waals surface area contributed by atoms with E-state index >= 15 is 0 Å². The summed E-state index contributed by atoms with van der Waals surface area (Å²) in [7, 11) is -1.86. The average Bonchev–Trinajstić information content (AvgIpc) is 2.26. The first-order valence-corrected chi connectivity index (χ1v) is 6.01. The van der Waals surface area contributed by atoms with Gasteiger partial charge in [0.15, 0.2) is 0 Å². The maximum Gasteiger partial charge on any atom is 0.240 e. The van der Waals surface area contributed by atoms with E-state index in [0.29, 0.717) is 18.7 Å². The molecule has 1 radical (unpaired) electrons. The van der Waals surface area contributed by atoms with Gasteiger partial charge in [0, 0.05) is 6.54 Å². The van der Waals surface area contributed by atoms with Crippen molar-refractivity contribution in [3.05, 3.63) is 31.2 Å². The van der Waals surface area contributed by atoms with Crippen LogP contribution in [0.1, 0.15) is 6.42 Å². The van der Waals surface area contributed by atoms with Crippen molar-refractivity contribution >= 4 is 10.0 Å². The summed E-state index contributed by atoms with van der Waals surface area (Å²) in [6.07, 6.45) is 0.523. The Hall–Kier alpha value is -1.07. The maximum atomic E-state index is 11.6. The minimum atomic E-state index is -3.39. The molecule has 0 atom stereocenters. The Balaban J connectivity index is 2.86. The van der Waals surface area contributed by atoms with Gasteiger partial charge in [0.25, 0.3) is 0 Å². The molecule has 4 nitrogen and oxygen atoms in total. The molecule has 0 amide bonds. The first-order chi connectivity index (χ1) is 7.10. The predicted octanol–water partition coefficient (Wildman–Crippen LogP) is 1.20. The van der Waals surface area contributed by atoms with Crippen molar-refractivity contribution in [1.82, 2.24) is 4.72 Å². The molecular formula is C10H14NO3S. The molecule has 0 fully saturated rings. The van der Waals surface area contributed by atoms with Gasteiger partial charge in [0.2, 0.25) is 10.0 Å². The highest BCUT2D eigenvalue weighted by atomic mass is 32.2. The lowest BCUT2D eigenvalue weighted by Gasteiger charge is -2.06. The maximum absolute atomic E-state index is 11.6. The van der Waals surface area contributed by atoms with Gasteiger partial charge in [-0.25, -0.2) is 13.1 Å². The van der Waals surface area contributed by atoms with E-state index in [0.717, 1.165) is 0 Å². The minimum absolute atomic E-state index is 0.233. The van der Waals surface area contributed by atoms with E-state index in [4.69, 9.17) is 4.74 Å². The second-order valence-electron chi connectivity index (χ2n) is 2.93. The summed E-state index contributed by atoms with van der Waals surface area (Å²) >= 11 is 0. The molecule has 0 aromatic heterocycles. The summed E-state index contributed by atoms with van der Waals surface area (Å²) in [5.74, 6) is 0.631. The van der Waals surface area contributed by atoms with Crippen LogP contribution in [0.4, 0.5) is 0 Å². The largest absolute Gasteiger partial charge is 0.497 e. The Morgan fingerprint density at radius 2 is 1.93 bits per heavy atom. The van der Waals surface area contributed by atoms with Crippen molar-refractivity contribution in [2.24, 2.45) is 0 Å². The topological polar surface area (TPSA) is 55.4 Å². The van der Waals surface area contributed by atoms with Gasteiger partial charge in [-0.2, -0.15) is 0 Å². The van der Waals surface area contributed by atoms with Crippen LogP contribution in [-0.4, -0.2) is 22.1 Å². The van der Waals surface area contributed by atoms with E-state index in [-0.39, 0.29) is 4.90 Å². The van der Waals surface area contributed by atoms with Crippen molar-refractivity contribution in [3.63, 3.8) is 0 Å². The van der Waals surface area contributed by atoms with Crippen molar-refractivity contribution in [1.29, 1.82) is 0 Å². The second-order valence-corrected chi connectivity index (χ2v) is 4.69. The molecular weight excluding hydrogens is 214 g/mol. The fraction of sp³-hybridized carbons (Fsp3) is 0.300. The lowest BCUT2D eigenvalue weighted by Crippen LogP contribution is -2.24. The van der Waals surface area contributed by atoms with E-state index in [1.54, 1.807) is 12.1 Å². The molecule has 1 rings (SSSR count). The van der Waals surface area contributed by atoms with Gasteiger partial charge in [-0.3, -0.25) is 0 Å². The van der Waals surface area contributed by atoms with Crippen molar-refractivity contribution < 1.29 is 13.2 Å². The number of nitrogens with one attached hydrogen (secondary N) is 1. The molecule has 83 valence electrons. The van der Waals surface area contributed by atoms with Crippen LogP contribution in [0, 0.1) is 6.92 Å². The van der Waals surface area contributed by atoms with Crippen LogP contribution in [0.3, 0.4) is 0 Å². The monoisotopic (exact) mass is 228 g/mol. The molecule has 1 aromatic carbocycles. The van der Waals surface area contributed by atoms with Gasteiger partial charge in [-0.15, -0.1) is 0 Å². The molecule has 0 unspecified atom stereocenters. The highest BCUT2D eigenvalue weighted by molar-refractivity contribution is 7.89. The van der Waals surface area contributed by atoms with E-state index in [1.807, 2.05) is 0 Å². The van der Waals surface area contributed by atoms with Crippen LogP contribution >= 0.6 is 0 Å². The van der Waals surface area contributed by atoms with Crippen molar-refractivity contribution in [2.45, 2.75) is 11.3 Å². The van der Waals surface area contributed by atoms with E-state index in [1.165, 1.54) is 19.2 Å². The molecule has 1 aromatic rings. The van der Waals surface area contributed by atoms with Crippen molar-refractivity contribution in [2.75, 3.05) is 13.7 Å². The van der Waals surface area contributed by atoms with E-state index in [9.17, 15) is 8.42 Å². The number of methoxy groups -OCH3 is 1. The molecule has 0 aliphatic carbocycles. The summed E-state index contributed by atoms with van der Waals surface area (Å²) < 4.78 is 30.6. The van der Waals surface area contributed by atoms with Gasteiger partial charge < -0.3 is 4.74 Å². The van der Waals surface area contributed by atoms with Crippen molar-refractivity contribution in [3.8, 4) is 5.75 Å². The van der Waals surface area contributed by atoms with Crippen LogP contribution in [0.15, 0.2) is 29.2 Å². The zero-order valence-corrected chi connectivity index (χ0v) is 9.38. The van der Waals surface area contributed by atoms with E-state index < -0.39 is 10.0 Å². The second kappa shape index (κ2) is 5.14. The predicted molar refractivity (Wildman–Crippen MR) is 58.2 cm³/mol. The minimum Gasteiger partial charge on any atom is -0.497 e. The summed E-state index contributed by atoms with van der Waals surface area (Å²) in [4.78, 5) is 0.233. The molecule has 0 heterocycles. The lowest BCUT2D eigenvalue weighted by atomic mass is 10.3. The molecule has 0 aliphatic heterocycles. The average molecular weight is 228 g/mol. The molecule has 0 bridgehead atoms. The number of hydrogen-bond donors (Lipinski definition) is 1. The van der Waals surface area contributed by atoms with Gasteiger partial charge >= 0.3 is 0 Å². The summed E-state index contributed by atoms with van der Waals surface area (Å²) in [5, 5.41) is 0. The van der Waals surface area contributed by atoms with E-state index in [2.05, 4.69) is 11.6 Å². The normalized spacial score (nSPS) is 11.3. The summed E-state index contributed by atoms with van der Waals surface area (Å²) in [5.41, 5.74) is 0. The SMILES string of the molecule is [CH2]CCNS(=O)(=O)c1ccc(OC)cc1. The number of hydrogen-bond acceptors (Lipinski definition) is 3. The van der Waals surface area contributed by atoms with Gasteiger partial charge in [-0.05, 0) is 30.7 Å². The Morgan fingerprint density at radius 3 is 2.40 bits per heavy atom. The van der Waals surface area contributed by atoms with Gasteiger partial charge in [0.1, 0.15) is 5.75 Å². The smallest absolute Gasteiger partial charge is 0.240 e. The Morgan fingerprint density at radius 1 is 1.33 bits per heavy atom. The molecule has 1 N–H and O–H groups in total. The molecule has 0 saturated heterocycles. The summed E-state index contributed by atoms with van der Waals surface area (Å²) in [6, 6.07) is 6.23. The fourth-order valence-electron chi connectivity index (χ4n) is 1.04. The highest BCUT2D eigenvalue weighted by Gasteiger charge is 2.12. The fourth-order valence-corrected chi connectivity index (χ4v) is 2.12. The third kappa shape index (κ3) is 3.21. The molecule has 5 heteroatoms. The lowest BCUT2D eigenvalue weighted by molar-refractivity contribution is 0.414. The van der Waals surface area contributed by atoms with Crippen LogP contribution in [-0.2, 0) is 10.0 Å². The number of rotatable bonds is 5. The molecule has 0 saturated carbocycles.